The summed E-state index contributed by atoms with van der Waals surface area (Å²) in [5.41, 5.74) is 3.70. The van der Waals surface area contributed by atoms with Crippen LogP contribution in [0.1, 0.15) is 79.4 Å². The molecule has 2 amide bonds. The molecule has 2 aromatic carbocycles. The molecular formula is C32H40N4O4S. The van der Waals surface area contributed by atoms with Gasteiger partial charge < -0.3 is 10.6 Å². The number of carbonyl (C=O) groups is 2. The van der Waals surface area contributed by atoms with Crippen LogP contribution in [0.15, 0.2) is 78.0 Å². The Morgan fingerprint density at radius 1 is 0.878 bits per heavy atom. The van der Waals surface area contributed by atoms with Gasteiger partial charge in [0.05, 0.1) is 4.90 Å². The molecule has 0 bridgehead atoms. The molecule has 3 aromatic rings. The van der Waals surface area contributed by atoms with Gasteiger partial charge in [-0.25, -0.2) is 8.42 Å². The summed E-state index contributed by atoms with van der Waals surface area (Å²) < 4.78 is 28.9. The van der Waals surface area contributed by atoms with Crippen LogP contribution in [0.5, 0.6) is 0 Å². The molecule has 1 aromatic heterocycles. The third-order valence-corrected chi connectivity index (χ3v) is 9.65. The molecule has 2 atom stereocenters. The van der Waals surface area contributed by atoms with Crippen LogP contribution in [-0.2, 0) is 21.4 Å². The van der Waals surface area contributed by atoms with E-state index in [0.29, 0.717) is 37.4 Å². The number of nitrogens with zero attached hydrogens (tertiary/aromatic N) is 2. The van der Waals surface area contributed by atoms with Gasteiger partial charge in [-0.15, -0.1) is 0 Å². The minimum atomic E-state index is -3.92. The van der Waals surface area contributed by atoms with Crippen molar-refractivity contribution >= 4 is 21.8 Å². The summed E-state index contributed by atoms with van der Waals surface area (Å²) in [5, 5.41) is 5.90. The molecule has 0 radical (unpaired) electrons. The number of hydrogen-bond donors (Lipinski definition) is 2. The Hall–Kier alpha value is -3.56. The summed E-state index contributed by atoms with van der Waals surface area (Å²) in [6.07, 6.45) is 3.95. The fraction of sp³-hybridized carbons (Fsp3) is 0.406. The molecule has 0 unspecified atom stereocenters. The van der Waals surface area contributed by atoms with Gasteiger partial charge >= 0.3 is 0 Å². The maximum absolute atomic E-state index is 13.8. The van der Waals surface area contributed by atoms with Crippen molar-refractivity contribution in [3.63, 3.8) is 0 Å². The van der Waals surface area contributed by atoms with E-state index in [4.69, 9.17) is 0 Å². The Labute approximate surface area is 243 Å². The molecule has 1 aliphatic heterocycles. The highest BCUT2D eigenvalue weighted by molar-refractivity contribution is 7.89. The molecule has 2 heterocycles. The number of piperidine rings is 1. The van der Waals surface area contributed by atoms with Gasteiger partial charge in [-0.3, -0.25) is 14.6 Å². The number of aromatic nitrogens is 1. The van der Waals surface area contributed by atoms with E-state index in [1.54, 1.807) is 36.7 Å². The van der Waals surface area contributed by atoms with Crippen LogP contribution in [0.3, 0.4) is 0 Å². The Morgan fingerprint density at radius 2 is 1.46 bits per heavy atom. The van der Waals surface area contributed by atoms with Crippen molar-refractivity contribution in [1.29, 1.82) is 0 Å². The van der Waals surface area contributed by atoms with Crippen LogP contribution in [0.4, 0.5) is 0 Å². The standard InChI is InChI=1S/C32H40N4O4S/c1-22(2)26-7-5-24(6-8-26)20-35-32(38)30-19-25(21-34-31(37)28-13-16-33-17-14-28)15-18-36(30)41(39,40)29-11-9-27(10-12-29)23(3)4/h5-14,16-17,22-23,25,30H,15,18-21H2,1-4H3,(H,34,37)(H,35,38)/t25-,30-/m1/s1. The van der Waals surface area contributed by atoms with Gasteiger partial charge in [0.15, 0.2) is 0 Å². The molecule has 1 saturated heterocycles. The highest BCUT2D eigenvalue weighted by atomic mass is 32.2. The molecule has 4 rings (SSSR count). The summed E-state index contributed by atoms with van der Waals surface area (Å²) in [5.74, 6) is 0.0591. The van der Waals surface area contributed by atoms with E-state index < -0.39 is 16.1 Å². The average molecular weight is 577 g/mol. The fourth-order valence-electron chi connectivity index (χ4n) is 5.06. The summed E-state index contributed by atoms with van der Waals surface area (Å²) >= 11 is 0. The zero-order valence-electron chi connectivity index (χ0n) is 24.2. The largest absolute Gasteiger partial charge is 0.352 e. The second-order valence-corrected chi connectivity index (χ2v) is 13.2. The van der Waals surface area contributed by atoms with Crippen molar-refractivity contribution in [3.05, 3.63) is 95.3 Å². The molecule has 41 heavy (non-hydrogen) atoms. The first-order valence-electron chi connectivity index (χ1n) is 14.2. The molecule has 0 aliphatic carbocycles. The van der Waals surface area contributed by atoms with Crippen molar-refractivity contribution in [2.24, 2.45) is 5.92 Å². The van der Waals surface area contributed by atoms with Gasteiger partial charge in [-0.05, 0) is 71.6 Å². The quantitative estimate of drug-likeness (QED) is 0.359. The van der Waals surface area contributed by atoms with E-state index in [9.17, 15) is 18.0 Å². The zero-order chi connectivity index (χ0) is 29.6. The lowest BCUT2D eigenvalue weighted by molar-refractivity contribution is -0.126. The van der Waals surface area contributed by atoms with Gasteiger partial charge in [0.25, 0.3) is 5.91 Å². The van der Waals surface area contributed by atoms with Crippen LogP contribution in [0.2, 0.25) is 0 Å². The summed E-state index contributed by atoms with van der Waals surface area (Å²) in [7, 11) is -3.92. The molecule has 0 saturated carbocycles. The van der Waals surface area contributed by atoms with Crippen LogP contribution in [-0.4, -0.2) is 48.7 Å². The maximum atomic E-state index is 13.8. The maximum Gasteiger partial charge on any atom is 0.251 e. The molecule has 1 aliphatic rings. The summed E-state index contributed by atoms with van der Waals surface area (Å²) in [6.45, 7) is 9.19. The minimum Gasteiger partial charge on any atom is -0.352 e. The minimum absolute atomic E-state index is 0.0587. The number of nitrogens with one attached hydrogen (secondary N) is 2. The predicted molar refractivity (Wildman–Crippen MR) is 160 cm³/mol. The molecule has 1 fully saturated rings. The van der Waals surface area contributed by atoms with E-state index >= 15 is 0 Å². The third-order valence-electron chi connectivity index (χ3n) is 7.72. The summed E-state index contributed by atoms with van der Waals surface area (Å²) in [6, 6.07) is 17.3. The van der Waals surface area contributed by atoms with Crippen molar-refractivity contribution in [2.75, 3.05) is 13.1 Å². The number of rotatable bonds is 10. The first kappa shape index (κ1) is 30.4. The molecule has 0 spiro atoms. The lowest BCUT2D eigenvalue weighted by Crippen LogP contribution is -2.54. The second kappa shape index (κ2) is 13.4. The van der Waals surface area contributed by atoms with Crippen LogP contribution < -0.4 is 10.6 Å². The molecular weight excluding hydrogens is 536 g/mol. The van der Waals surface area contributed by atoms with E-state index in [1.165, 1.54) is 9.87 Å². The van der Waals surface area contributed by atoms with Gasteiger partial charge in [-0.1, -0.05) is 64.1 Å². The topological polar surface area (TPSA) is 108 Å². The Bertz CT molecular complexity index is 1420. The zero-order valence-corrected chi connectivity index (χ0v) is 25.0. The normalized spacial score (nSPS) is 17.9. The van der Waals surface area contributed by atoms with Crippen LogP contribution in [0, 0.1) is 5.92 Å². The van der Waals surface area contributed by atoms with Gasteiger partial charge in [0.2, 0.25) is 15.9 Å². The number of carbonyl (C=O) groups excluding carboxylic acids is 2. The lowest BCUT2D eigenvalue weighted by Gasteiger charge is -2.37. The first-order chi connectivity index (χ1) is 19.6. The SMILES string of the molecule is CC(C)c1ccc(CNC(=O)[C@H]2C[C@H](CNC(=O)c3ccncc3)CCN2S(=O)(=O)c2ccc(C(C)C)cc2)cc1. The smallest absolute Gasteiger partial charge is 0.251 e. The third kappa shape index (κ3) is 7.59. The monoisotopic (exact) mass is 576 g/mol. The Morgan fingerprint density at radius 3 is 2.05 bits per heavy atom. The summed E-state index contributed by atoms with van der Waals surface area (Å²) in [4.78, 5) is 30.3. The average Bonchev–Trinajstić information content (AvgIpc) is 2.99. The molecule has 218 valence electrons. The van der Waals surface area contributed by atoms with Crippen LogP contribution >= 0.6 is 0 Å². The predicted octanol–water partition coefficient (Wildman–Crippen LogP) is 4.84. The van der Waals surface area contributed by atoms with E-state index in [1.807, 2.05) is 36.4 Å². The van der Waals surface area contributed by atoms with Gasteiger partial charge in [0.1, 0.15) is 6.04 Å². The Balaban J connectivity index is 1.50. The number of sulfonamides is 1. The highest BCUT2D eigenvalue weighted by Gasteiger charge is 2.40. The lowest BCUT2D eigenvalue weighted by atomic mass is 9.91. The van der Waals surface area contributed by atoms with E-state index in [2.05, 4.69) is 43.3 Å². The number of benzene rings is 2. The highest BCUT2D eigenvalue weighted by Crippen LogP contribution is 2.30. The molecule has 9 heteroatoms. The Kier molecular flexibility index (Phi) is 9.94. The van der Waals surface area contributed by atoms with E-state index in [0.717, 1.165) is 11.1 Å². The molecule has 8 nitrogen and oxygen atoms in total. The fourth-order valence-corrected chi connectivity index (χ4v) is 6.67. The van der Waals surface area contributed by atoms with E-state index in [-0.39, 0.29) is 35.1 Å². The van der Waals surface area contributed by atoms with Crippen molar-refractivity contribution in [2.45, 2.75) is 69.9 Å². The van der Waals surface area contributed by atoms with Crippen LogP contribution in [0.25, 0.3) is 0 Å². The second-order valence-electron chi connectivity index (χ2n) is 11.3. The number of amides is 2. The number of pyridine rings is 1. The van der Waals surface area contributed by atoms with Crippen molar-refractivity contribution in [1.82, 2.24) is 19.9 Å². The van der Waals surface area contributed by atoms with Gasteiger partial charge in [-0.2, -0.15) is 4.31 Å². The van der Waals surface area contributed by atoms with Crippen molar-refractivity contribution in [3.8, 4) is 0 Å². The van der Waals surface area contributed by atoms with Gasteiger partial charge in [0, 0.05) is 37.6 Å². The molecule has 2 N–H and O–H groups in total. The number of hydrogen-bond acceptors (Lipinski definition) is 5. The van der Waals surface area contributed by atoms with Crippen molar-refractivity contribution < 1.29 is 18.0 Å². The first-order valence-corrected chi connectivity index (χ1v) is 15.7.